The van der Waals surface area contributed by atoms with Gasteiger partial charge in [0.05, 0.1) is 24.3 Å². The second kappa shape index (κ2) is 7.29. The van der Waals surface area contributed by atoms with Crippen molar-refractivity contribution in [3.05, 3.63) is 71.6 Å². The highest BCUT2D eigenvalue weighted by atomic mass is 16.3. The van der Waals surface area contributed by atoms with E-state index in [0.29, 0.717) is 5.56 Å². The molecule has 1 fully saturated rings. The van der Waals surface area contributed by atoms with E-state index in [1.807, 2.05) is 43.3 Å². The molecule has 25 heavy (non-hydrogen) atoms. The van der Waals surface area contributed by atoms with Crippen LogP contribution < -0.4 is 0 Å². The van der Waals surface area contributed by atoms with Gasteiger partial charge in [-0.15, -0.1) is 0 Å². The molecule has 3 atom stereocenters. The Morgan fingerprint density at radius 1 is 1.36 bits per heavy atom. The summed E-state index contributed by atoms with van der Waals surface area (Å²) in [5.74, 6) is -0.499. The number of hydrogen-bond acceptors (Lipinski definition) is 4. The van der Waals surface area contributed by atoms with E-state index in [0.717, 1.165) is 11.1 Å². The van der Waals surface area contributed by atoms with Crippen LogP contribution in [-0.4, -0.2) is 39.6 Å². The number of rotatable bonds is 4. The fraction of sp³-hybridized carbons (Fsp3) is 0.250. The fourth-order valence-electron chi connectivity index (χ4n) is 3.44. The molecule has 1 amide bonds. The van der Waals surface area contributed by atoms with Crippen LogP contribution in [0.25, 0.3) is 6.08 Å². The maximum atomic E-state index is 12.8. The van der Waals surface area contributed by atoms with Gasteiger partial charge >= 0.3 is 0 Å². The minimum Gasteiger partial charge on any atom is -0.394 e. The average Bonchev–Trinajstić information content (AvgIpc) is 2.64. The topological polar surface area (TPSA) is 77.2 Å². The Hall–Kier alpha value is -2.97. The van der Waals surface area contributed by atoms with E-state index in [-0.39, 0.29) is 18.4 Å². The molecule has 1 N–H and O–H groups in total. The Bertz CT molecular complexity index is 826. The molecule has 1 aromatic carbocycles. The zero-order valence-corrected chi connectivity index (χ0v) is 13.9. The van der Waals surface area contributed by atoms with Crippen LogP contribution in [0.1, 0.15) is 34.3 Å². The smallest absolute Gasteiger partial charge is 0.256 e. The first-order valence-corrected chi connectivity index (χ1v) is 8.17. The lowest BCUT2D eigenvalue weighted by Gasteiger charge is -2.52. The predicted octanol–water partition coefficient (Wildman–Crippen LogP) is 2.61. The Morgan fingerprint density at radius 2 is 2.16 bits per heavy atom. The minimum absolute atomic E-state index is 0.195. The molecule has 2 heterocycles. The highest BCUT2D eigenvalue weighted by molar-refractivity contribution is 5.95. The summed E-state index contributed by atoms with van der Waals surface area (Å²) in [5.41, 5.74) is 2.39. The number of aliphatic hydroxyl groups is 1. The van der Waals surface area contributed by atoms with Gasteiger partial charge in [-0.2, -0.15) is 5.26 Å². The molecule has 0 unspecified atom stereocenters. The Kier molecular flexibility index (Phi) is 4.92. The number of hydrogen-bond donors (Lipinski definition) is 1. The van der Waals surface area contributed by atoms with Gasteiger partial charge < -0.3 is 10.0 Å². The molecule has 126 valence electrons. The summed E-state index contributed by atoms with van der Waals surface area (Å²) in [6.07, 6.45) is 6.98. The quantitative estimate of drug-likeness (QED) is 0.933. The van der Waals surface area contributed by atoms with Gasteiger partial charge in [0.1, 0.15) is 6.04 Å². The van der Waals surface area contributed by atoms with E-state index in [1.54, 1.807) is 18.3 Å². The molecule has 1 aliphatic heterocycles. The number of amides is 1. The van der Waals surface area contributed by atoms with Crippen LogP contribution in [0, 0.1) is 11.3 Å². The first-order valence-electron chi connectivity index (χ1n) is 8.17. The normalized spacial score (nSPS) is 22.4. The Labute approximate surface area is 146 Å². The molecule has 5 heteroatoms. The molecule has 0 aliphatic carbocycles. The van der Waals surface area contributed by atoms with Crippen molar-refractivity contribution in [2.45, 2.75) is 24.9 Å². The van der Waals surface area contributed by atoms with Crippen molar-refractivity contribution in [2.24, 2.45) is 0 Å². The number of nitrogens with zero attached hydrogens (tertiary/aromatic N) is 3. The molecule has 0 radical (unpaired) electrons. The van der Waals surface area contributed by atoms with Gasteiger partial charge in [0.15, 0.2) is 0 Å². The van der Waals surface area contributed by atoms with Crippen molar-refractivity contribution in [3.8, 4) is 6.07 Å². The van der Waals surface area contributed by atoms with E-state index < -0.39 is 12.1 Å². The van der Waals surface area contributed by atoms with Crippen molar-refractivity contribution in [3.63, 3.8) is 0 Å². The highest BCUT2D eigenvalue weighted by Crippen LogP contribution is 2.42. The number of aliphatic hydroxyl groups excluding tert-OH is 1. The third-order valence-electron chi connectivity index (χ3n) is 4.58. The van der Waals surface area contributed by atoms with Crippen molar-refractivity contribution < 1.29 is 9.90 Å². The summed E-state index contributed by atoms with van der Waals surface area (Å²) < 4.78 is 0. The summed E-state index contributed by atoms with van der Waals surface area (Å²) in [4.78, 5) is 18.2. The van der Waals surface area contributed by atoms with Gasteiger partial charge in [-0.1, -0.05) is 36.4 Å². The van der Waals surface area contributed by atoms with E-state index in [9.17, 15) is 15.2 Å². The van der Waals surface area contributed by atoms with Crippen LogP contribution in [-0.2, 0) is 0 Å². The van der Waals surface area contributed by atoms with Crippen molar-refractivity contribution in [1.82, 2.24) is 9.88 Å². The van der Waals surface area contributed by atoms with E-state index >= 15 is 0 Å². The molecule has 1 aromatic heterocycles. The SMILES string of the molecule is C/C=C/c1ccccc1[C@H]1[C@H](C#N)N(C(=O)c2cccnc2)[C@H]1CO. The van der Waals surface area contributed by atoms with Gasteiger partial charge in [-0.25, -0.2) is 0 Å². The summed E-state index contributed by atoms with van der Waals surface area (Å²) in [5, 5.41) is 19.5. The van der Waals surface area contributed by atoms with Crippen LogP contribution >= 0.6 is 0 Å². The van der Waals surface area contributed by atoms with Crippen molar-refractivity contribution in [2.75, 3.05) is 6.61 Å². The first kappa shape index (κ1) is 16.9. The highest BCUT2D eigenvalue weighted by Gasteiger charge is 2.52. The molecule has 0 spiro atoms. The van der Waals surface area contributed by atoms with E-state index in [4.69, 9.17) is 0 Å². The summed E-state index contributed by atoms with van der Waals surface area (Å²) in [6.45, 7) is 1.74. The molecule has 1 saturated heterocycles. The maximum Gasteiger partial charge on any atom is 0.256 e. The maximum absolute atomic E-state index is 12.8. The monoisotopic (exact) mass is 333 g/mol. The Morgan fingerprint density at radius 3 is 2.80 bits per heavy atom. The molecule has 3 rings (SSSR count). The average molecular weight is 333 g/mol. The number of carbonyl (C=O) groups excluding carboxylic acids is 1. The van der Waals surface area contributed by atoms with E-state index in [2.05, 4.69) is 11.1 Å². The zero-order valence-electron chi connectivity index (χ0n) is 13.9. The standard InChI is InChI=1S/C20H19N3O2/c1-2-6-14-7-3-4-9-16(14)19-17(11-21)23(18(19)13-24)20(25)15-8-5-10-22-12-15/h2-10,12,17-19,24H,13H2,1H3/b6-2+/t17-,18-,19-/m0/s1. The zero-order chi connectivity index (χ0) is 17.8. The number of nitriles is 1. The molecule has 0 saturated carbocycles. The molecular formula is C20H19N3O2. The van der Waals surface area contributed by atoms with Gasteiger partial charge in [0.25, 0.3) is 5.91 Å². The second-order valence-electron chi connectivity index (χ2n) is 5.93. The number of allylic oxidation sites excluding steroid dienone is 1. The first-order chi connectivity index (χ1) is 12.2. The third kappa shape index (κ3) is 2.92. The summed E-state index contributed by atoms with van der Waals surface area (Å²) >= 11 is 0. The van der Waals surface area contributed by atoms with Crippen molar-refractivity contribution >= 4 is 12.0 Å². The number of aromatic nitrogens is 1. The van der Waals surface area contributed by atoms with Crippen molar-refractivity contribution in [1.29, 1.82) is 5.26 Å². The van der Waals surface area contributed by atoms with Crippen LogP contribution in [0.5, 0.6) is 0 Å². The number of pyridine rings is 1. The molecule has 1 aliphatic rings. The number of benzene rings is 1. The fourth-order valence-corrected chi connectivity index (χ4v) is 3.44. The molecule has 5 nitrogen and oxygen atoms in total. The van der Waals surface area contributed by atoms with E-state index in [1.165, 1.54) is 11.1 Å². The third-order valence-corrected chi connectivity index (χ3v) is 4.58. The largest absolute Gasteiger partial charge is 0.394 e. The second-order valence-corrected chi connectivity index (χ2v) is 5.93. The van der Waals surface area contributed by atoms with Gasteiger partial charge in [0, 0.05) is 18.3 Å². The van der Waals surface area contributed by atoms with Crippen LogP contribution in [0.15, 0.2) is 54.9 Å². The molecular weight excluding hydrogens is 314 g/mol. The lowest BCUT2D eigenvalue weighted by atomic mass is 9.74. The van der Waals surface area contributed by atoms with Crippen LogP contribution in [0.2, 0.25) is 0 Å². The lowest BCUT2D eigenvalue weighted by molar-refractivity contribution is -0.00593. The van der Waals surface area contributed by atoms with Gasteiger partial charge in [0.2, 0.25) is 0 Å². The van der Waals surface area contributed by atoms with Crippen LogP contribution in [0.3, 0.4) is 0 Å². The lowest BCUT2D eigenvalue weighted by Crippen LogP contribution is -2.65. The number of carbonyl (C=O) groups is 1. The summed E-state index contributed by atoms with van der Waals surface area (Å²) in [6, 6.07) is 12.3. The number of likely N-dealkylation sites (tertiary alicyclic amines) is 1. The predicted molar refractivity (Wildman–Crippen MR) is 94.6 cm³/mol. The van der Waals surface area contributed by atoms with Gasteiger partial charge in [-0.05, 0) is 30.2 Å². The molecule has 0 bridgehead atoms. The van der Waals surface area contributed by atoms with Crippen LogP contribution in [0.4, 0.5) is 0 Å². The Balaban J connectivity index is 1.96. The van der Waals surface area contributed by atoms with Gasteiger partial charge in [-0.3, -0.25) is 9.78 Å². The minimum atomic E-state index is -0.615. The molecule has 2 aromatic rings. The summed E-state index contributed by atoms with van der Waals surface area (Å²) in [7, 11) is 0.